The van der Waals surface area contributed by atoms with Crippen molar-refractivity contribution < 1.29 is 27.6 Å². The molecule has 1 aromatic heterocycles. The van der Waals surface area contributed by atoms with Gasteiger partial charge in [-0.15, -0.1) is 0 Å². The van der Waals surface area contributed by atoms with E-state index in [-0.39, 0.29) is 22.2 Å². The fraction of sp³-hybridized carbons (Fsp3) is 0.263. The van der Waals surface area contributed by atoms with Crippen LogP contribution in [0.5, 0.6) is 5.88 Å². The van der Waals surface area contributed by atoms with E-state index >= 15 is 0 Å². The molecule has 1 aromatic carbocycles. The van der Waals surface area contributed by atoms with Crippen molar-refractivity contribution in [3.05, 3.63) is 63.5 Å². The lowest BCUT2D eigenvalue weighted by molar-refractivity contribution is -0.385. The molecule has 0 N–H and O–H groups in total. The summed E-state index contributed by atoms with van der Waals surface area (Å²) in [6.45, 7) is 4.88. The molecule has 0 amide bonds. The molecule has 0 atom stereocenters. The van der Waals surface area contributed by atoms with Gasteiger partial charge in [0.05, 0.1) is 15.4 Å². The smallest absolute Gasteiger partial charge is 0.375 e. The molecule has 152 valence electrons. The Balaban J connectivity index is 2.07. The van der Waals surface area contributed by atoms with Crippen molar-refractivity contribution in [2.75, 3.05) is 6.26 Å². The summed E-state index contributed by atoms with van der Waals surface area (Å²) in [7, 11) is -3.37. The van der Waals surface area contributed by atoms with E-state index in [1.54, 1.807) is 26.0 Å². The van der Waals surface area contributed by atoms with Crippen LogP contribution in [0.3, 0.4) is 0 Å². The minimum Gasteiger partial charge on any atom is -0.449 e. The maximum Gasteiger partial charge on any atom is 0.375 e. The number of sulfone groups is 1. The van der Waals surface area contributed by atoms with Crippen LogP contribution in [0.15, 0.2) is 47.2 Å². The number of rotatable bonds is 5. The molecule has 0 bridgehead atoms. The van der Waals surface area contributed by atoms with Crippen molar-refractivity contribution in [2.24, 2.45) is 0 Å². The number of cyclic esters (lactones) is 1. The summed E-state index contributed by atoms with van der Waals surface area (Å²) < 4.78 is 34.4. The Morgan fingerprint density at radius 3 is 2.34 bits per heavy atom. The Kier molecular flexibility index (Phi) is 4.91. The number of nitrogens with zero attached hydrogens (tertiary/aromatic N) is 2. The van der Waals surface area contributed by atoms with Gasteiger partial charge >= 0.3 is 5.97 Å². The third-order valence-electron chi connectivity index (χ3n) is 4.39. The van der Waals surface area contributed by atoms with Gasteiger partial charge in [0.25, 0.3) is 5.69 Å². The predicted molar refractivity (Wildman–Crippen MR) is 103 cm³/mol. The van der Waals surface area contributed by atoms with Gasteiger partial charge in [0.15, 0.2) is 9.84 Å². The third-order valence-corrected chi connectivity index (χ3v) is 5.52. The Labute approximate surface area is 167 Å². The van der Waals surface area contributed by atoms with Crippen LogP contribution in [0, 0.1) is 17.0 Å². The normalized spacial score (nSPS) is 15.9. The molecule has 0 saturated heterocycles. The molecule has 1 aliphatic heterocycles. The first-order valence-corrected chi connectivity index (χ1v) is 10.4. The molecule has 0 unspecified atom stereocenters. The fourth-order valence-electron chi connectivity index (χ4n) is 3.02. The van der Waals surface area contributed by atoms with E-state index in [2.05, 4.69) is 4.98 Å². The lowest BCUT2D eigenvalue weighted by atomic mass is 9.92. The Morgan fingerprint density at radius 2 is 1.83 bits per heavy atom. The van der Waals surface area contributed by atoms with E-state index in [1.165, 1.54) is 25.1 Å². The summed E-state index contributed by atoms with van der Waals surface area (Å²) in [6, 6.07) is 7.35. The summed E-state index contributed by atoms with van der Waals surface area (Å²) in [5.74, 6) is -0.819. The van der Waals surface area contributed by atoms with Crippen molar-refractivity contribution in [3.8, 4) is 5.88 Å². The zero-order valence-electron chi connectivity index (χ0n) is 16.1. The van der Waals surface area contributed by atoms with E-state index in [4.69, 9.17) is 9.47 Å². The molecule has 0 aliphatic carbocycles. The zero-order chi connectivity index (χ0) is 21.6. The van der Waals surface area contributed by atoms with E-state index < -0.39 is 26.3 Å². The number of benzene rings is 1. The molecule has 0 fully saturated rings. The van der Waals surface area contributed by atoms with Crippen molar-refractivity contribution in [1.82, 2.24) is 4.98 Å². The van der Waals surface area contributed by atoms with E-state index in [0.29, 0.717) is 16.7 Å². The Morgan fingerprint density at radius 1 is 1.21 bits per heavy atom. The maximum absolute atomic E-state index is 12.4. The molecule has 10 heteroatoms. The topological polar surface area (TPSA) is 126 Å². The number of hydrogen-bond acceptors (Lipinski definition) is 8. The molecule has 0 radical (unpaired) electrons. The van der Waals surface area contributed by atoms with Gasteiger partial charge in [-0.2, -0.15) is 0 Å². The summed E-state index contributed by atoms with van der Waals surface area (Å²) >= 11 is 0. The number of nitro groups is 1. The molecule has 2 heterocycles. The molecule has 29 heavy (non-hydrogen) atoms. The van der Waals surface area contributed by atoms with Gasteiger partial charge in [-0.3, -0.25) is 10.1 Å². The van der Waals surface area contributed by atoms with Crippen LogP contribution < -0.4 is 4.74 Å². The van der Waals surface area contributed by atoms with Crippen LogP contribution in [-0.4, -0.2) is 36.2 Å². The number of carbonyl (C=O) groups excluding carboxylic acids is 1. The summed E-state index contributed by atoms with van der Waals surface area (Å²) in [5.41, 5.74) is 0.0826. The molecular formula is C19H18N2O7S. The van der Waals surface area contributed by atoms with E-state index in [1.807, 2.05) is 0 Å². The number of aromatic nitrogens is 1. The molecule has 3 rings (SSSR count). The predicted octanol–water partition coefficient (Wildman–Crippen LogP) is 2.83. The fourth-order valence-corrected chi connectivity index (χ4v) is 3.65. The van der Waals surface area contributed by atoms with Gasteiger partial charge in [-0.1, -0.05) is 12.1 Å². The van der Waals surface area contributed by atoms with Crippen molar-refractivity contribution in [2.45, 2.75) is 31.3 Å². The molecule has 0 spiro atoms. The van der Waals surface area contributed by atoms with Crippen molar-refractivity contribution in [3.63, 3.8) is 0 Å². The minimum absolute atomic E-state index is 0.00278. The Hall–Kier alpha value is -3.27. The first-order chi connectivity index (χ1) is 13.4. The number of pyridine rings is 1. The largest absolute Gasteiger partial charge is 0.449 e. The molecular weight excluding hydrogens is 400 g/mol. The highest BCUT2D eigenvalue weighted by molar-refractivity contribution is 7.90. The lowest BCUT2D eigenvalue weighted by Crippen LogP contribution is -2.22. The standard InChI is InChI=1S/C19H18N2O7S/c1-11-9-15(20-10-14(11)21(23)24)27-17-16(19(2,3)28-18(17)22)12-5-7-13(8-6-12)29(4,25)26/h5-10H,1-4H3. The molecule has 0 saturated carbocycles. The van der Waals surface area contributed by atoms with Crippen molar-refractivity contribution in [1.29, 1.82) is 0 Å². The van der Waals surface area contributed by atoms with Gasteiger partial charge in [0, 0.05) is 17.9 Å². The number of carbonyl (C=O) groups is 1. The van der Waals surface area contributed by atoms with Gasteiger partial charge in [0.2, 0.25) is 11.6 Å². The van der Waals surface area contributed by atoms with E-state index in [0.717, 1.165) is 12.5 Å². The number of hydrogen-bond donors (Lipinski definition) is 0. The quantitative estimate of drug-likeness (QED) is 0.412. The first kappa shape index (κ1) is 20.5. The van der Waals surface area contributed by atoms with Crippen LogP contribution in [0.1, 0.15) is 25.0 Å². The summed E-state index contributed by atoms with van der Waals surface area (Å²) in [5, 5.41) is 10.9. The van der Waals surface area contributed by atoms with Crippen molar-refractivity contribution >= 4 is 27.1 Å². The van der Waals surface area contributed by atoms with Crippen LogP contribution in [0.4, 0.5) is 5.69 Å². The monoisotopic (exact) mass is 418 g/mol. The third kappa shape index (κ3) is 3.97. The molecule has 2 aromatic rings. The minimum atomic E-state index is -3.37. The van der Waals surface area contributed by atoms with Crippen LogP contribution >= 0.6 is 0 Å². The van der Waals surface area contributed by atoms with E-state index in [9.17, 15) is 23.3 Å². The highest BCUT2D eigenvalue weighted by Gasteiger charge is 2.43. The Bertz CT molecular complexity index is 1150. The number of ether oxygens (including phenoxy) is 2. The lowest BCUT2D eigenvalue weighted by Gasteiger charge is -2.21. The van der Waals surface area contributed by atoms with Gasteiger partial charge < -0.3 is 9.47 Å². The van der Waals surface area contributed by atoms with Gasteiger partial charge in [-0.05, 0) is 38.5 Å². The average Bonchev–Trinajstić information content (AvgIpc) is 2.82. The second-order valence-electron chi connectivity index (χ2n) is 7.07. The summed E-state index contributed by atoms with van der Waals surface area (Å²) in [4.78, 5) is 26.8. The number of esters is 1. The molecule has 1 aliphatic rings. The SMILES string of the molecule is Cc1cc(OC2=C(c3ccc(S(C)(=O)=O)cc3)C(C)(C)OC2=O)ncc1[N+](=O)[O-]. The summed E-state index contributed by atoms with van der Waals surface area (Å²) in [6.07, 6.45) is 2.15. The average molecular weight is 418 g/mol. The van der Waals surface area contributed by atoms with Crippen LogP contribution in [0.25, 0.3) is 5.57 Å². The highest BCUT2D eigenvalue weighted by Crippen LogP contribution is 2.40. The maximum atomic E-state index is 12.4. The van der Waals surface area contributed by atoms with Crippen LogP contribution in [0.2, 0.25) is 0 Å². The zero-order valence-corrected chi connectivity index (χ0v) is 16.9. The van der Waals surface area contributed by atoms with Gasteiger partial charge in [-0.25, -0.2) is 18.2 Å². The first-order valence-electron chi connectivity index (χ1n) is 8.47. The van der Waals surface area contributed by atoms with Gasteiger partial charge in [0.1, 0.15) is 11.8 Å². The van der Waals surface area contributed by atoms with Crippen LogP contribution in [-0.2, 0) is 19.4 Å². The highest BCUT2D eigenvalue weighted by atomic mass is 32.2. The molecule has 9 nitrogen and oxygen atoms in total. The number of aryl methyl sites for hydroxylation is 1. The second-order valence-corrected chi connectivity index (χ2v) is 9.08. The second kappa shape index (κ2) is 6.96.